The van der Waals surface area contributed by atoms with E-state index in [9.17, 15) is 9.59 Å². The fourth-order valence-electron chi connectivity index (χ4n) is 3.01. The number of methoxy groups -OCH3 is 3. The molecule has 0 saturated carbocycles. The zero-order chi connectivity index (χ0) is 20.8. The molecule has 0 saturated heterocycles. The van der Waals surface area contributed by atoms with Crippen LogP contribution >= 0.6 is 11.8 Å². The average Bonchev–Trinajstić information content (AvgIpc) is 2.73. The summed E-state index contributed by atoms with van der Waals surface area (Å²) in [5.41, 5.74) is 4.16. The van der Waals surface area contributed by atoms with Gasteiger partial charge >= 0.3 is 0 Å². The number of amides is 1. The van der Waals surface area contributed by atoms with E-state index < -0.39 is 5.25 Å². The maximum Gasteiger partial charge on any atom is 0.241 e. The number of carbonyl (C=O) groups is 2. The predicted octanol–water partition coefficient (Wildman–Crippen LogP) is 2.84. The zero-order valence-corrected chi connectivity index (χ0v) is 17.2. The molecule has 1 aliphatic heterocycles. The van der Waals surface area contributed by atoms with Crippen LogP contribution in [0.5, 0.6) is 17.2 Å². The second kappa shape index (κ2) is 9.47. The van der Waals surface area contributed by atoms with E-state index in [0.717, 1.165) is 10.5 Å². The van der Waals surface area contributed by atoms with Crippen molar-refractivity contribution in [3.63, 3.8) is 0 Å². The van der Waals surface area contributed by atoms with Crippen molar-refractivity contribution >= 4 is 29.7 Å². The molecule has 152 valence electrons. The van der Waals surface area contributed by atoms with Crippen LogP contribution < -0.4 is 19.6 Å². The van der Waals surface area contributed by atoms with E-state index in [0.29, 0.717) is 29.2 Å². The van der Waals surface area contributed by atoms with Crippen LogP contribution in [0.25, 0.3) is 0 Å². The molecule has 1 N–H and O–H groups in total. The summed E-state index contributed by atoms with van der Waals surface area (Å²) in [6.07, 6.45) is 1.91. The number of ether oxygens (including phenoxy) is 3. The van der Waals surface area contributed by atoms with Gasteiger partial charge in [-0.3, -0.25) is 9.59 Å². The minimum atomic E-state index is -0.402. The lowest BCUT2D eigenvalue weighted by Gasteiger charge is -2.22. The van der Waals surface area contributed by atoms with Crippen molar-refractivity contribution in [3.05, 3.63) is 47.5 Å². The van der Waals surface area contributed by atoms with Crippen LogP contribution in [-0.4, -0.2) is 44.5 Å². The summed E-state index contributed by atoms with van der Waals surface area (Å²) >= 11 is 1.43. The van der Waals surface area contributed by atoms with Crippen LogP contribution in [-0.2, 0) is 16.0 Å². The third-order valence-corrected chi connectivity index (χ3v) is 5.79. The Hall–Kier alpha value is -3.00. The van der Waals surface area contributed by atoms with Gasteiger partial charge in [0.2, 0.25) is 11.7 Å². The van der Waals surface area contributed by atoms with Gasteiger partial charge in [-0.05, 0) is 23.8 Å². The summed E-state index contributed by atoms with van der Waals surface area (Å²) in [4.78, 5) is 25.6. The number of Topliss-reactive ketones (excluding diaryl/α,β-unsaturated/α-hetero) is 1. The van der Waals surface area contributed by atoms with Gasteiger partial charge < -0.3 is 14.2 Å². The van der Waals surface area contributed by atoms with Gasteiger partial charge in [0, 0.05) is 23.3 Å². The highest BCUT2D eigenvalue weighted by atomic mass is 32.2. The Bertz CT molecular complexity index is 919. The lowest BCUT2D eigenvalue weighted by Crippen LogP contribution is -2.30. The minimum absolute atomic E-state index is 0.0532. The first-order valence-electron chi connectivity index (χ1n) is 8.95. The molecule has 8 heteroatoms. The minimum Gasteiger partial charge on any atom is -0.493 e. The largest absolute Gasteiger partial charge is 0.493 e. The highest BCUT2D eigenvalue weighted by molar-refractivity contribution is 8.00. The van der Waals surface area contributed by atoms with Crippen LogP contribution in [0.4, 0.5) is 0 Å². The number of ketones is 1. The first-order chi connectivity index (χ1) is 14.0. The third kappa shape index (κ3) is 4.89. The van der Waals surface area contributed by atoms with Crippen LogP contribution in [0.2, 0.25) is 0 Å². The smallest absolute Gasteiger partial charge is 0.241 e. The molecule has 0 spiro atoms. The molecule has 1 unspecified atom stereocenters. The topological polar surface area (TPSA) is 86.2 Å². The second-order valence-corrected chi connectivity index (χ2v) is 7.56. The van der Waals surface area contributed by atoms with Crippen molar-refractivity contribution in [3.8, 4) is 17.2 Å². The summed E-state index contributed by atoms with van der Waals surface area (Å²) in [7, 11) is 4.57. The zero-order valence-electron chi connectivity index (χ0n) is 16.4. The van der Waals surface area contributed by atoms with E-state index >= 15 is 0 Å². The fourth-order valence-corrected chi connectivity index (χ4v) is 4.21. The number of nitrogens with one attached hydrogen (secondary N) is 1. The van der Waals surface area contributed by atoms with E-state index in [2.05, 4.69) is 10.5 Å². The Kier molecular flexibility index (Phi) is 6.77. The Balaban J connectivity index is 1.62. The first-order valence-corrected chi connectivity index (χ1v) is 9.82. The van der Waals surface area contributed by atoms with Crippen LogP contribution in [0.15, 0.2) is 46.4 Å². The van der Waals surface area contributed by atoms with E-state index in [1.54, 1.807) is 12.1 Å². The molecule has 0 radical (unpaired) electrons. The quantitative estimate of drug-likeness (QED) is 0.554. The summed E-state index contributed by atoms with van der Waals surface area (Å²) in [5, 5.41) is 3.58. The molecule has 1 aliphatic rings. The van der Waals surface area contributed by atoms with Crippen molar-refractivity contribution in [2.75, 3.05) is 21.3 Å². The van der Waals surface area contributed by atoms with Crippen molar-refractivity contribution in [2.24, 2.45) is 5.10 Å². The van der Waals surface area contributed by atoms with Crippen LogP contribution in [0.1, 0.15) is 17.5 Å². The number of benzene rings is 2. The normalized spacial score (nSPS) is 15.7. The molecule has 2 aromatic rings. The van der Waals surface area contributed by atoms with Gasteiger partial charge in [-0.15, -0.1) is 11.8 Å². The van der Waals surface area contributed by atoms with Gasteiger partial charge in [0.05, 0.1) is 32.8 Å². The molecule has 3 rings (SSSR count). The number of hydrazone groups is 1. The SMILES string of the molecule is COc1cc(/C=N/NC(=O)CC2Sc3ccccc3CC2=O)cc(OC)c1OC. The van der Waals surface area contributed by atoms with Gasteiger partial charge in [-0.1, -0.05) is 18.2 Å². The Labute approximate surface area is 173 Å². The fraction of sp³-hybridized carbons (Fsp3) is 0.286. The van der Waals surface area contributed by atoms with E-state index in [4.69, 9.17) is 14.2 Å². The third-order valence-electron chi connectivity index (χ3n) is 4.43. The van der Waals surface area contributed by atoms with Crippen molar-refractivity contribution in [2.45, 2.75) is 23.0 Å². The monoisotopic (exact) mass is 414 g/mol. The van der Waals surface area contributed by atoms with E-state index in [1.807, 2.05) is 24.3 Å². The van der Waals surface area contributed by atoms with Crippen molar-refractivity contribution < 1.29 is 23.8 Å². The van der Waals surface area contributed by atoms with Gasteiger partial charge in [-0.2, -0.15) is 5.10 Å². The summed E-state index contributed by atoms with van der Waals surface area (Å²) < 4.78 is 15.9. The average molecular weight is 414 g/mol. The van der Waals surface area contributed by atoms with Crippen LogP contribution in [0, 0.1) is 0 Å². The lowest BCUT2D eigenvalue weighted by molar-refractivity contribution is -0.124. The number of rotatable bonds is 7. The molecule has 0 aromatic heterocycles. The van der Waals surface area contributed by atoms with Gasteiger partial charge in [0.1, 0.15) is 0 Å². The summed E-state index contributed by atoms with van der Waals surface area (Å²) in [6, 6.07) is 11.2. The maximum absolute atomic E-state index is 12.3. The highest BCUT2D eigenvalue weighted by Gasteiger charge is 2.28. The summed E-state index contributed by atoms with van der Waals surface area (Å²) in [6.45, 7) is 0. The second-order valence-electron chi connectivity index (χ2n) is 6.31. The number of thioether (sulfide) groups is 1. The van der Waals surface area contributed by atoms with E-state index in [1.165, 1.54) is 39.3 Å². The Morgan fingerprint density at radius 1 is 1.17 bits per heavy atom. The molecule has 1 heterocycles. The number of hydrogen-bond acceptors (Lipinski definition) is 7. The molecule has 7 nitrogen and oxygen atoms in total. The Morgan fingerprint density at radius 2 is 1.86 bits per heavy atom. The van der Waals surface area contributed by atoms with Crippen molar-refractivity contribution in [1.29, 1.82) is 0 Å². The molecule has 1 atom stereocenters. The molecule has 0 fully saturated rings. The molecule has 0 bridgehead atoms. The summed E-state index contributed by atoms with van der Waals surface area (Å²) in [5.74, 6) is 1.19. The molecule has 0 aliphatic carbocycles. The van der Waals surface area contributed by atoms with E-state index in [-0.39, 0.29) is 18.1 Å². The number of hydrogen-bond donors (Lipinski definition) is 1. The predicted molar refractivity (Wildman–Crippen MR) is 111 cm³/mol. The van der Waals surface area contributed by atoms with Gasteiger partial charge in [0.15, 0.2) is 17.3 Å². The maximum atomic E-state index is 12.3. The number of nitrogens with zero attached hydrogens (tertiary/aromatic N) is 1. The highest BCUT2D eigenvalue weighted by Crippen LogP contribution is 2.38. The van der Waals surface area contributed by atoms with Gasteiger partial charge in [0.25, 0.3) is 0 Å². The van der Waals surface area contributed by atoms with Crippen molar-refractivity contribution in [1.82, 2.24) is 5.43 Å². The lowest BCUT2D eigenvalue weighted by atomic mass is 10.0. The van der Waals surface area contributed by atoms with Gasteiger partial charge in [-0.25, -0.2) is 5.43 Å². The molecular formula is C21H22N2O5S. The molecule has 29 heavy (non-hydrogen) atoms. The van der Waals surface area contributed by atoms with Crippen LogP contribution in [0.3, 0.4) is 0 Å². The molecule has 1 amide bonds. The number of carbonyl (C=O) groups excluding carboxylic acids is 2. The molecule has 2 aromatic carbocycles. The number of fused-ring (bicyclic) bond motifs is 1. The standard InChI is InChI=1S/C21H22N2O5S/c1-26-16-8-13(9-17(27-2)21(16)28-3)12-22-23-20(25)11-19-15(24)10-14-6-4-5-7-18(14)29-19/h4-9,12,19H,10-11H2,1-3H3,(H,23,25)/b22-12+. The Morgan fingerprint density at radius 3 is 2.52 bits per heavy atom. The molecular weight excluding hydrogens is 392 g/mol. The first kappa shape index (κ1) is 20.7.